The van der Waals surface area contributed by atoms with Crippen LogP contribution in [0.4, 0.5) is 0 Å². The van der Waals surface area contributed by atoms with Crippen LogP contribution in [-0.2, 0) is 6.42 Å². The highest BCUT2D eigenvalue weighted by Gasteiger charge is 2.16. The molecule has 1 aliphatic carbocycles. The van der Waals surface area contributed by atoms with Gasteiger partial charge in [-0.05, 0) is 30.0 Å². The normalized spacial score (nSPS) is 14.2. The van der Waals surface area contributed by atoms with Crippen molar-refractivity contribution in [2.75, 3.05) is 6.61 Å². The third-order valence-corrected chi connectivity index (χ3v) is 2.61. The molecule has 3 heteroatoms. The lowest BCUT2D eigenvalue weighted by molar-refractivity contribution is 0.305. The van der Waals surface area contributed by atoms with E-state index in [9.17, 15) is 0 Å². The van der Waals surface area contributed by atoms with E-state index in [1.807, 2.05) is 6.07 Å². The second kappa shape index (κ2) is 3.48. The molecule has 0 fully saturated rings. The Labute approximate surface area is 81.9 Å². The van der Waals surface area contributed by atoms with E-state index in [-0.39, 0.29) is 6.61 Å². The molecule has 0 spiro atoms. The number of allylic oxidation sites excluding steroid dienone is 1. The van der Waals surface area contributed by atoms with Gasteiger partial charge in [-0.25, -0.2) is 4.98 Å². The predicted octanol–water partition coefficient (Wildman–Crippen LogP) is 2.06. The summed E-state index contributed by atoms with van der Waals surface area (Å²) in [7, 11) is 0. The molecule has 13 heavy (non-hydrogen) atoms. The molecule has 2 rings (SSSR count). The number of rotatable bonds is 2. The van der Waals surface area contributed by atoms with Crippen LogP contribution in [0.15, 0.2) is 18.3 Å². The summed E-state index contributed by atoms with van der Waals surface area (Å²) in [4.78, 5) is 4.01. The molecule has 1 heterocycles. The Bertz CT molecular complexity index is 360. The van der Waals surface area contributed by atoms with E-state index in [1.165, 1.54) is 5.57 Å². The highest BCUT2D eigenvalue weighted by Crippen LogP contribution is 2.32. The summed E-state index contributed by atoms with van der Waals surface area (Å²) >= 11 is 5.93. The fraction of sp³-hybridized carbons (Fsp3) is 0.300. The molecule has 2 nitrogen and oxygen atoms in total. The molecule has 0 atom stereocenters. The average molecular weight is 196 g/mol. The third-order valence-electron chi connectivity index (χ3n) is 2.28. The minimum absolute atomic E-state index is 0.186. The standard InChI is InChI=1S/C10H10ClNO/c11-10-9-2-1-7(4-6-13)8(9)3-5-12-10/h1,3,5,13H,2,4,6H2. The van der Waals surface area contributed by atoms with Gasteiger partial charge in [0, 0.05) is 18.4 Å². The van der Waals surface area contributed by atoms with Crippen LogP contribution in [0.25, 0.3) is 5.57 Å². The van der Waals surface area contributed by atoms with E-state index in [4.69, 9.17) is 16.7 Å². The van der Waals surface area contributed by atoms with Crippen molar-refractivity contribution in [1.82, 2.24) is 4.98 Å². The maximum Gasteiger partial charge on any atom is 0.133 e. The van der Waals surface area contributed by atoms with Crippen LogP contribution in [-0.4, -0.2) is 16.7 Å². The van der Waals surface area contributed by atoms with Crippen molar-refractivity contribution < 1.29 is 5.11 Å². The molecule has 0 unspecified atom stereocenters. The molecule has 0 bridgehead atoms. The molecular weight excluding hydrogens is 186 g/mol. The summed E-state index contributed by atoms with van der Waals surface area (Å²) in [6.45, 7) is 0.186. The summed E-state index contributed by atoms with van der Waals surface area (Å²) < 4.78 is 0. The Morgan fingerprint density at radius 2 is 2.38 bits per heavy atom. The topological polar surface area (TPSA) is 33.1 Å². The number of nitrogens with zero attached hydrogens (tertiary/aromatic N) is 1. The maximum absolute atomic E-state index is 8.83. The molecule has 68 valence electrons. The molecule has 1 aliphatic rings. The molecule has 1 N–H and O–H groups in total. The minimum Gasteiger partial charge on any atom is -0.396 e. The van der Waals surface area contributed by atoms with Gasteiger partial charge < -0.3 is 5.11 Å². The van der Waals surface area contributed by atoms with Crippen LogP contribution in [0, 0.1) is 0 Å². The summed E-state index contributed by atoms with van der Waals surface area (Å²) in [5, 5.41) is 9.42. The number of aromatic nitrogens is 1. The van der Waals surface area contributed by atoms with Gasteiger partial charge in [0.1, 0.15) is 5.15 Å². The Kier molecular flexibility index (Phi) is 2.34. The predicted molar refractivity (Wildman–Crippen MR) is 52.6 cm³/mol. The molecule has 0 saturated carbocycles. The van der Waals surface area contributed by atoms with Crippen LogP contribution >= 0.6 is 11.6 Å². The van der Waals surface area contributed by atoms with E-state index >= 15 is 0 Å². The summed E-state index contributed by atoms with van der Waals surface area (Å²) in [6.07, 6.45) is 5.36. The van der Waals surface area contributed by atoms with Crippen molar-refractivity contribution in [3.63, 3.8) is 0 Å². The highest BCUT2D eigenvalue weighted by molar-refractivity contribution is 6.30. The zero-order chi connectivity index (χ0) is 9.26. The first-order chi connectivity index (χ1) is 6.33. The molecule has 1 aromatic rings. The van der Waals surface area contributed by atoms with Gasteiger partial charge in [0.05, 0.1) is 0 Å². The minimum atomic E-state index is 0.186. The summed E-state index contributed by atoms with van der Waals surface area (Å²) in [5.41, 5.74) is 3.42. The monoisotopic (exact) mass is 195 g/mol. The van der Waals surface area contributed by atoms with Crippen LogP contribution in [0.3, 0.4) is 0 Å². The van der Waals surface area contributed by atoms with E-state index in [0.29, 0.717) is 11.6 Å². The van der Waals surface area contributed by atoms with Gasteiger partial charge in [0.2, 0.25) is 0 Å². The van der Waals surface area contributed by atoms with Crippen LogP contribution in [0.2, 0.25) is 5.15 Å². The van der Waals surface area contributed by atoms with E-state index in [2.05, 4.69) is 11.1 Å². The number of aliphatic hydroxyl groups excluding tert-OH is 1. The SMILES string of the molecule is OCCC1=CCc2c1ccnc2Cl. The number of hydrogen-bond acceptors (Lipinski definition) is 2. The number of pyridine rings is 1. The number of hydrogen-bond donors (Lipinski definition) is 1. The van der Waals surface area contributed by atoms with Crippen molar-refractivity contribution in [2.45, 2.75) is 12.8 Å². The summed E-state index contributed by atoms with van der Waals surface area (Å²) in [5.74, 6) is 0. The zero-order valence-electron chi connectivity index (χ0n) is 7.13. The smallest absolute Gasteiger partial charge is 0.133 e. The fourth-order valence-electron chi connectivity index (χ4n) is 1.65. The van der Waals surface area contributed by atoms with Gasteiger partial charge in [-0.15, -0.1) is 0 Å². The molecule has 0 saturated heterocycles. The Morgan fingerprint density at radius 1 is 1.54 bits per heavy atom. The van der Waals surface area contributed by atoms with Crippen LogP contribution in [0.5, 0.6) is 0 Å². The average Bonchev–Trinajstić information content (AvgIpc) is 2.51. The van der Waals surface area contributed by atoms with E-state index in [0.717, 1.165) is 17.5 Å². The molecular formula is C10H10ClNO. The molecule has 0 amide bonds. The zero-order valence-corrected chi connectivity index (χ0v) is 7.88. The largest absolute Gasteiger partial charge is 0.396 e. The fourth-order valence-corrected chi connectivity index (χ4v) is 1.89. The van der Waals surface area contributed by atoms with Gasteiger partial charge >= 0.3 is 0 Å². The lowest BCUT2D eigenvalue weighted by Crippen LogP contribution is -1.90. The number of halogens is 1. The van der Waals surface area contributed by atoms with Crippen LogP contribution in [0.1, 0.15) is 17.5 Å². The van der Waals surface area contributed by atoms with Crippen LogP contribution < -0.4 is 0 Å². The quantitative estimate of drug-likeness (QED) is 0.733. The Morgan fingerprint density at radius 3 is 3.15 bits per heavy atom. The van der Waals surface area contributed by atoms with Crippen molar-refractivity contribution in [1.29, 1.82) is 0 Å². The van der Waals surface area contributed by atoms with Gasteiger partial charge in [-0.1, -0.05) is 17.7 Å². The Hall–Kier alpha value is -0.860. The molecule has 1 aromatic heterocycles. The van der Waals surface area contributed by atoms with Crippen molar-refractivity contribution >= 4 is 17.2 Å². The first-order valence-electron chi connectivity index (χ1n) is 4.26. The number of fused-ring (bicyclic) bond motifs is 1. The van der Waals surface area contributed by atoms with E-state index < -0.39 is 0 Å². The van der Waals surface area contributed by atoms with Crippen molar-refractivity contribution in [2.24, 2.45) is 0 Å². The lowest BCUT2D eigenvalue weighted by Gasteiger charge is -2.04. The van der Waals surface area contributed by atoms with E-state index in [1.54, 1.807) is 6.20 Å². The Balaban J connectivity index is 2.39. The van der Waals surface area contributed by atoms with Gasteiger partial charge in [-0.2, -0.15) is 0 Å². The highest BCUT2D eigenvalue weighted by atomic mass is 35.5. The molecule has 0 radical (unpaired) electrons. The van der Waals surface area contributed by atoms with Gasteiger partial charge in [-0.3, -0.25) is 0 Å². The second-order valence-electron chi connectivity index (χ2n) is 3.03. The third kappa shape index (κ3) is 1.47. The van der Waals surface area contributed by atoms with Crippen molar-refractivity contribution in [3.05, 3.63) is 34.6 Å². The maximum atomic E-state index is 8.83. The first kappa shape index (κ1) is 8.73. The van der Waals surface area contributed by atoms with Crippen molar-refractivity contribution in [3.8, 4) is 0 Å². The second-order valence-corrected chi connectivity index (χ2v) is 3.39. The summed E-state index contributed by atoms with van der Waals surface area (Å²) in [6, 6.07) is 1.95. The lowest BCUT2D eigenvalue weighted by atomic mass is 10.1. The van der Waals surface area contributed by atoms with Gasteiger partial charge in [0.25, 0.3) is 0 Å². The first-order valence-corrected chi connectivity index (χ1v) is 4.64. The molecule has 0 aromatic carbocycles. The van der Waals surface area contributed by atoms with Gasteiger partial charge in [0.15, 0.2) is 0 Å². The number of aliphatic hydroxyl groups is 1. The molecule has 0 aliphatic heterocycles.